The molecule has 0 rings (SSSR count). The van der Waals surface area contributed by atoms with Crippen molar-refractivity contribution in [1.29, 1.82) is 0 Å². The van der Waals surface area contributed by atoms with E-state index < -0.39 is 36.7 Å². The lowest BCUT2D eigenvalue weighted by molar-refractivity contribution is -0.317. The average Bonchev–Trinajstić information content (AvgIpc) is 2.67. The average molecular weight is 446 g/mol. The monoisotopic (exact) mass is 446 g/mol. The van der Waals surface area contributed by atoms with Gasteiger partial charge in [0.2, 0.25) is 0 Å². The van der Waals surface area contributed by atoms with Crippen molar-refractivity contribution in [3.05, 3.63) is 0 Å². The van der Waals surface area contributed by atoms with E-state index in [0.717, 1.165) is 0 Å². The van der Waals surface area contributed by atoms with Gasteiger partial charge in [0.05, 0.1) is 18.8 Å². The molecule has 1 N–H and O–H groups in total. The smallest absolute Gasteiger partial charge is 0.435 e. The summed E-state index contributed by atoms with van der Waals surface area (Å²) in [6.07, 6.45) is 0. The summed E-state index contributed by atoms with van der Waals surface area (Å²) in [5.41, 5.74) is -5.20. The maximum Gasteiger partial charge on any atom is 0.435 e. The van der Waals surface area contributed by atoms with Crippen LogP contribution in [0, 0.1) is 0 Å². The Morgan fingerprint density at radius 1 is 0.897 bits per heavy atom. The molecular formula is C17H35O11P. The zero-order chi connectivity index (χ0) is 22.8. The first kappa shape index (κ1) is 28.4. The molecule has 0 aromatic carbocycles. The molecule has 0 aliphatic carbocycles. The van der Waals surface area contributed by atoms with E-state index in [1.165, 1.54) is 28.3 Å². The van der Waals surface area contributed by atoms with E-state index in [1.807, 2.05) is 0 Å². The highest BCUT2D eigenvalue weighted by atomic mass is 31.2. The van der Waals surface area contributed by atoms with Crippen LogP contribution in [0.2, 0.25) is 0 Å². The topological polar surface area (TPSA) is 128 Å². The molecule has 3 unspecified atom stereocenters. The first-order valence-corrected chi connectivity index (χ1v) is 10.5. The molecule has 0 bridgehead atoms. The Morgan fingerprint density at radius 2 is 1.38 bits per heavy atom. The van der Waals surface area contributed by atoms with Gasteiger partial charge in [-0.2, -0.15) is 0 Å². The molecule has 0 amide bonds. The molecule has 174 valence electrons. The molecule has 3 atom stereocenters. The van der Waals surface area contributed by atoms with E-state index in [2.05, 4.69) is 4.74 Å². The lowest BCUT2D eigenvalue weighted by Crippen LogP contribution is -2.68. The van der Waals surface area contributed by atoms with Crippen LogP contribution in [0.3, 0.4) is 0 Å². The number of ether oxygens (including phenoxy) is 7. The van der Waals surface area contributed by atoms with Crippen LogP contribution in [0.5, 0.6) is 0 Å². The van der Waals surface area contributed by atoms with Gasteiger partial charge < -0.3 is 38.1 Å². The van der Waals surface area contributed by atoms with Crippen LogP contribution in [0.15, 0.2) is 0 Å². The van der Waals surface area contributed by atoms with Crippen LogP contribution >= 0.6 is 7.60 Å². The Balaban J connectivity index is 5.96. The van der Waals surface area contributed by atoms with Crippen molar-refractivity contribution in [3.8, 4) is 0 Å². The molecule has 0 fully saturated rings. The van der Waals surface area contributed by atoms with Crippen LogP contribution in [-0.2, 0) is 42.2 Å². The normalized spacial score (nSPS) is 18.5. The van der Waals surface area contributed by atoms with Gasteiger partial charge in [0.1, 0.15) is 31.6 Å². The quantitative estimate of drug-likeness (QED) is 0.277. The predicted molar refractivity (Wildman–Crippen MR) is 103 cm³/mol. The molecule has 0 heterocycles. The van der Waals surface area contributed by atoms with E-state index in [4.69, 9.17) is 32.9 Å². The fourth-order valence-electron chi connectivity index (χ4n) is 2.46. The Morgan fingerprint density at radius 3 is 1.86 bits per heavy atom. The minimum Gasteiger partial charge on any atom is -0.457 e. The third kappa shape index (κ3) is 7.54. The fraction of sp³-hybridized carbons (Fsp3) is 0.941. The molecule has 12 heteroatoms. The second kappa shape index (κ2) is 12.3. The highest BCUT2D eigenvalue weighted by Gasteiger charge is 2.58. The summed E-state index contributed by atoms with van der Waals surface area (Å²) in [6, 6.07) is 0. The molecule has 0 saturated carbocycles. The SMILES string of the molecule is CCOC(=O)P(=O)(O)OCC(C)(OCOC)C(C)(OCOC)C(C)(C)OCOC. The first-order valence-electron chi connectivity index (χ1n) is 8.90. The number of methoxy groups -OCH3 is 3. The van der Waals surface area contributed by atoms with Crippen molar-refractivity contribution in [2.24, 2.45) is 0 Å². The molecule has 0 spiro atoms. The van der Waals surface area contributed by atoms with E-state index in [9.17, 15) is 14.3 Å². The number of hydrogen-bond acceptors (Lipinski definition) is 10. The van der Waals surface area contributed by atoms with Gasteiger partial charge in [-0.05, 0) is 34.6 Å². The molecule has 0 saturated heterocycles. The lowest BCUT2D eigenvalue weighted by atomic mass is 9.74. The largest absolute Gasteiger partial charge is 0.457 e. The highest BCUT2D eigenvalue weighted by Crippen LogP contribution is 2.48. The summed E-state index contributed by atoms with van der Waals surface area (Å²) in [7, 11) is -0.411. The minimum absolute atomic E-state index is 0.0541. The molecule has 0 aromatic rings. The van der Waals surface area contributed by atoms with Gasteiger partial charge in [-0.25, -0.2) is 9.36 Å². The van der Waals surface area contributed by atoms with Crippen molar-refractivity contribution >= 4 is 13.3 Å². The Kier molecular flexibility index (Phi) is 12.0. The first-order chi connectivity index (χ1) is 13.4. The summed E-state index contributed by atoms with van der Waals surface area (Å²) >= 11 is 0. The van der Waals surface area contributed by atoms with Gasteiger partial charge >= 0.3 is 13.3 Å². The summed E-state index contributed by atoms with van der Waals surface area (Å²) < 4.78 is 54.5. The number of hydrogen-bond donors (Lipinski definition) is 1. The van der Waals surface area contributed by atoms with Crippen molar-refractivity contribution in [1.82, 2.24) is 0 Å². The molecule has 0 radical (unpaired) electrons. The van der Waals surface area contributed by atoms with Crippen molar-refractivity contribution in [3.63, 3.8) is 0 Å². The Labute approximate surface area is 172 Å². The van der Waals surface area contributed by atoms with E-state index in [1.54, 1.807) is 27.7 Å². The predicted octanol–water partition coefficient (Wildman–Crippen LogP) is 2.50. The van der Waals surface area contributed by atoms with Crippen LogP contribution in [0.25, 0.3) is 0 Å². The number of carbonyl (C=O) groups excluding carboxylic acids is 1. The summed E-state index contributed by atoms with van der Waals surface area (Å²) in [6.45, 7) is 7.20. The van der Waals surface area contributed by atoms with Gasteiger partial charge in [0.15, 0.2) is 0 Å². The second-order valence-corrected chi connectivity index (χ2v) is 8.58. The molecule has 29 heavy (non-hydrogen) atoms. The number of rotatable bonds is 16. The lowest BCUT2D eigenvalue weighted by Gasteiger charge is -2.52. The molecule has 0 aromatic heterocycles. The van der Waals surface area contributed by atoms with Crippen LogP contribution in [0.1, 0.15) is 34.6 Å². The van der Waals surface area contributed by atoms with Gasteiger partial charge in [0, 0.05) is 21.3 Å². The number of carbonyl (C=O) groups is 1. The molecule has 0 aliphatic heterocycles. The summed E-state index contributed by atoms with van der Waals surface area (Å²) in [5.74, 6) is 0. The Bertz CT molecular complexity index is 541. The zero-order valence-corrected chi connectivity index (χ0v) is 19.4. The van der Waals surface area contributed by atoms with Crippen LogP contribution in [0.4, 0.5) is 4.79 Å². The minimum atomic E-state index is -4.73. The zero-order valence-electron chi connectivity index (χ0n) is 18.5. The maximum atomic E-state index is 12.2. The third-order valence-electron chi connectivity index (χ3n) is 4.67. The third-order valence-corrected chi connectivity index (χ3v) is 5.74. The Hall–Kier alpha value is -0.620. The van der Waals surface area contributed by atoms with Gasteiger partial charge in [0.25, 0.3) is 0 Å². The fourth-order valence-corrected chi connectivity index (χ4v) is 3.28. The van der Waals surface area contributed by atoms with Crippen molar-refractivity contribution in [2.45, 2.75) is 51.4 Å². The standard InChI is InChI=1S/C17H35O11P/c1-9-24-14(18)29(19,20)28-10-16(4,26-12-22-7)17(5,27-13-23-8)15(2,3)25-11-21-6/h9-13H2,1-8H3,(H,19,20). The summed E-state index contributed by atoms with van der Waals surface area (Å²) in [4.78, 5) is 21.7. The van der Waals surface area contributed by atoms with Gasteiger partial charge in [-0.1, -0.05) is 0 Å². The van der Waals surface area contributed by atoms with Crippen LogP contribution < -0.4 is 0 Å². The van der Waals surface area contributed by atoms with Gasteiger partial charge in [-0.3, -0.25) is 4.52 Å². The van der Waals surface area contributed by atoms with E-state index >= 15 is 0 Å². The molecule has 0 aliphatic rings. The van der Waals surface area contributed by atoms with Crippen molar-refractivity contribution in [2.75, 3.05) is 54.9 Å². The van der Waals surface area contributed by atoms with Gasteiger partial charge in [-0.15, -0.1) is 0 Å². The summed E-state index contributed by atoms with van der Waals surface area (Å²) in [5, 5.41) is 0. The van der Waals surface area contributed by atoms with E-state index in [0.29, 0.717) is 0 Å². The van der Waals surface area contributed by atoms with Crippen molar-refractivity contribution < 1.29 is 51.9 Å². The maximum absolute atomic E-state index is 12.2. The van der Waals surface area contributed by atoms with E-state index in [-0.39, 0.29) is 27.0 Å². The van der Waals surface area contributed by atoms with Crippen LogP contribution in [-0.4, -0.2) is 82.3 Å². The second-order valence-electron chi connectivity index (χ2n) is 6.92. The highest BCUT2D eigenvalue weighted by molar-refractivity contribution is 7.70. The molecule has 11 nitrogen and oxygen atoms in total. The molecular weight excluding hydrogens is 411 g/mol.